The summed E-state index contributed by atoms with van der Waals surface area (Å²) in [6.45, 7) is 0.843. The fourth-order valence-electron chi connectivity index (χ4n) is 3.53. The van der Waals surface area contributed by atoms with E-state index in [0.29, 0.717) is 0 Å². The third-order valence-corrected chi connectivity index (χ3v) is 4.70. The molecule has 1 amide bonds. The highest BCUT2D eigenvalue weighted by atomic mass is 16.1. The summed E-state index contributed by atoms with van der Waals surface area (Å²) < 4.78 is 0. The van der Waals surface area contributed by atoms with E-state index in [1.165, 1.54) is 43.2 Å². The fraction of sp³-hybridized carbons (Fsp3) is 0.588. The number of hydrogen-bond acceptors (Lipinski definition) is 1. The van der Waals surface area contributed by atoms with Crippen LogP contribution in [-0.4, -0.2) is 12.5 Å². The molecule has 0 radical (unpaired) electrons. The van der Waals surface area contributed by atoms with Gasteiger partial charge >= 0.3 is 0 Å². The van der Waals surface area contributed by atoms with E-state index in [1.807, 2.05) is 0 Å². The second-order valence-electron chi connectivity index (χ2n) is 5.99. The SMILES string of the molecule is O=C1NCCCC1c1ccc(C2CCCCC2)cc1. The van der Waals surface area contributed by atoms with E-state index in [9.17, 15) is 4.79 Å². The Hall–Kier alpha value is -1.31. The van der Waals surface area contributed by atoms with Crippen LogP contribution in [0.2, 0.25) is 0 Å². The van der Waals surface area contributed by atoms with Crippen molar-refractivity contribution in [3.63, 3.8) is 0 Å². The highest BCUT2D eigenvalue weighted by Gasteiger charge is 2.24. The van der Waals surface area contributed by atoms with Crippen LogP contribution in [-0.2, 0) is 4.79 Å². The number of amides is 1. The number of carbonyl (C=O) groups excluding carboxylic acids is 1. The van der Waals surface area contributed by atoms with Crippen molar-refractivity contribution in [1.82, 2.24) is 5.32 Å². The van der Waals surface area contributed by atoms with Gasteiger partial charge in [-0.25, -0.2) is 0 Å². The summed E-state index contributed by atoms with van der Waals surface area (Å²) >= 11 is 0. The first-order chi connectivity index (χ1) is 9.34. The Labute approximate surface area is 115 Å². The Morgan fingerprint density at radius 2 is 1.53 bits per heavy atom. The fourth-order valence-corrected chi connectivity index (χ4v) is 3.53. The summed E-state index contributed by atoms with van der Waals surface area (Å²) in [6.07, 6.45) is 8.91. The predicted molar refractivity (Wildman–Crippen MR) is 77.3 cm³/mol. The standard InChI is InChI=1S/C17H23NO/c19-17-16(7-4-12-18-17)15-10-8-14(9-11-15)13-5-2-1-3-6-13/h8-11,13,16H,1-7,12H2,(H,18,19). The van der Waals surface area contributed by atoms with Crippen LogP contribution in [0.1, 0.15) is 67.9 Å². The van der Waals surface area contributed by atoms with Crippen molar-refractivity contribution in [3.8, 4) is 0 Å². The number of benzene rings is 1. The van der Waals surface area contributed by atoms with Gasteiger partial charge in [0.05, 0.1) is 5.92 Å². The molecular formula is C17H23NO. The van der Waals surface area contributed by atoms with Crippen LogP contribution in [0.4, 0.5) is 0 Å². The third kappa shape index (κ3) is 2.83. The highest BCUT2D eigenvalue weighted by Crippen LogP contribution is 2.33. The first kappa shape index (κ1) is 12.7. The second kappa shape index (κ2) is 5.77. The Morgan fingerprint density at radius 3 is 2.21 bits per heavy atom. The normalized spacial score (nSPS) is 25.1. The molecule has 1 aromatic rings. The molecular weight excluding hydrogens is 234 g/mol. The highest BCUT2D eigenvalue weighted by molar-refractivity contribution is 5.84. The minimum absolute atomic E-state index is 0.0779. The summed E-state index contributed by atoms with van der Waals surface area (Å²) in [5.74, 6) is 1.04. The van der Waals surface area contributed by atoms with Gasteiger partial charge in [0.15, 0.2) is 0 Å². The van der Waals surface area contributed by atoms with E-state index < -0.39 is 0 Å². The second-order valence-corrected chi connectivity index (χ2v) is 5.99. The summed E-state index contributed by atoms with van der Waals surface area (Å²) in [5.41, 5.74) is 2.66. The molecule has 1 heterocycles. The van der Waals surface area contributed by atoms with Gasteiger partial charge in [-0.3, -0.25) is 4.79 Å². The molecule has 1 N–H and O–H groups in total. The molecule has 3 rings (SSSR count). The van der Waals surface area contributed by atoms with E-state index >= 15 is 0 Å². The van der Waals surface area contributed by atoms with Gasteiger partial charge in [-0.05, 0) is 42.7 Å². The molecule has 0 spiro atoms. The van der Waals surface area contributed by atoms with Crippen LogP contribution in [0, 0.1) is 0 Å². The molecule has 0 aromatic heterocycles. The maximum atomic E-state index is 11.9. The quantitative estimate of drug-likeness (QED) is 0.859. The van der Waals surface area contributed by atoms with E-state index in [4.69, 9.17) is 0 Å². The van der Waals surface area contributed by atoms with E-state index in [2.05, 4.69) is 29.6 Å². The van der Waals surface area contributed by atoms with Gasteiger partial charge in [-0.2, -0.15) is 0 Å². The van der Waals surface area contributed by atoms with Crippen LogP contribution in [0.5, 0.6) is 0 Å². The lowest BCUT2D eigenvalue weighted by Crippen LogP contribution is -2.35. The van der Waals surface area contributed by atoms with E-state index in [0.717, 1.165) is 25.3 Å². The van der Waals surface area contributed by atoms with Crippen molar-refractivity contribution < 1.29 is 4.79 Å². The smallest absolute Gasteiger partial charge is 0.227 e. The van der Waals surface area contributed by atoms with Crippen molar-refractivity contribution >= 4 is 5.91 Å². The molecule has 102 valence electrons. The monoisotopic (exact) mass is 257 g/mol. The zero-order valence-electron chi connectivity index (χ0n) is 11.5. The zero-order chi connectivity index (χ0) is 13.1. The summed E-state index contributed by atoms with van der Waals surface area (Å²) in [6, 6.07) is 8.87. The Kier molecular flexibility index (Phi) is 3.86. The summed E-state index contributed by atoms with van der Waals surface area (Å²) in [4.78, 5) is 11.9. The topological polar surface area (TPSA) is 29.1 Å². The van der Waals surface area contributed by atoms with Gasteiger partial charge in [-0.15, -0.1) is 0 Å². The van der Waals surface area contributed by atoms with Crippen LogP contribution in [0.25, 0.3) is 0 Å². The maximum Gasteiger partial charge on any atom is 0.227 e. The molecule has 19 heavy (non-hydrogen) atoms. The molecule has 2 aliphatic rings. The summed E-state index contributed by atoms with van der Waals surface area (Å²) in [7, 11) is 0. The molecule has 1 aliphatic carbocycles. The summed E-state index contributed by atoms with van der Waals surface area (Å²) in [5, 5.41) is 2.97. The van der Waals surface area contributed by atoms with Gasteiger partial charge in [0.2, 0.25) is 5.91 Å². The third-order valence-electron chi connectivity index (χ3n) is 4.70. The maximum absolute atomic E-state index is 11.9. The zero-order valence-corrected chi connectivity index (χ0v) is 11.5. The largest absolute Gasteiger partial charge is 0.356 e. The number of carbonyl (C=O) groups is 1. The molecule has 2 nitrogen and oxygen atoms in total. The lowest BCUT2D eigenvalue weighted by atomic mass is 9.83. The van der Waals surface area contributed by atoms with Gasteiger partial charge < -0.3 is 5.32 Å². The minimum Gasteiger partial charge on any atom is -0.356 e. The molecule has 0 bridgehead atoms. The molecule has 1 atom stereocenters. The van der Waals surface area contributed by atoms with Crippen LogP contribution < -0.4 is 5.32 Å². The van der Waals surface area contributed by atoms with Crippen molar-refractivity contribution in [2.45, 2.75) is 56.8 Å². The molecule has 2 fully saturated rings. The van der Waals surface area contributed by atoms with Gasteiger partial charge in [-0.1, -0.05) is 43.5 Å². The van der Waals surface area contributed by atoms with E-state index in [-0.39, 0.29) is 11.8 Å². The van der Waals surface area contributed by atoms with Gasteiger partial charge in [0, 0.05) is 6.54 Å². The molecule has 1 aliphatic heterocycles. The van der Waals surface area contributed by atoms with Crippen molar-refractivity contribution in [3.05, 3.63) is 35.4 Å². The van der Waals surface area contributed by atoms with Crippen LogP contribution >= 0.6 is 0 Å². The Morgan fingerprint density at radius 1 is 0.842 bits per heavy atom. The Balaban J connectivity index is 1.72. The number of nitrogens with one attached hydrogen (secondary N) is 1. The lowest BCUT2D eigenvalue weighted by molar-refractivity contribution is -0.123. The first-order valence-electron chi connectivity index (χ1n) is 7.72. The van der Waals surface area contributed by atoms with Crippen LogP contribution in [0.15, 0.2) is 24.3 Å². The van der Waals surface area contributed by atoms with Gasteiger partial charge in [0.25, 0.3) is 0 Å². The minimum atomic E-state index is 0.0779. The Bertz CT molecular complexity index is 431. The molecule has 2 heteroatoms. The first-order valence-corrected chi connectivity index (χ1v) is 7.72. The van der Waals surface area contributed by atoms with Crippen molar-refractivity contribution in [2.75, 3.05) is 6.54 Å². The van der Waals surface area contributed by atoms with Gasteiger partial charge in [0.1, 0.15) is 0 Å². The molecule has 1 saturated heterocycles. The average molecular weight is 257 g/mol. The number of hydrogen-bond donors (Lipinski definition) is 1. The lowest BCUT2D eigenvalue weighted by Gasteiger charge is -2.24. The van der Waals surface area contributed by atoms with Crippen molar-refractivity contribution in [2.24, 2.45) is 0 Å². The van der Waals surface area contributed by atoms with Crippen LogP contribution in [0.3, 0.4) is 0 Å². The number of piperidine rings is 1. The number of rotatable bonds is 2. The predicted octanol–water partition coefficient (Wildman–Crippen LogP) is 3.73. The molecule has 1 saturated carbocycles. The molecule has 1 unspecified atom stereocenters. The molecule has 1 aromatic carbocycles. The van der Waals surface area contributed by atoms with E-state index in [1.54, 1.807) is 0 Å². The van der Waals surface area contributed by atoms with Crippen molar-refractivity contribution in [1.29, 1.82) is 0 Å². The average Bonchev–Trinajstić information content (AvgIpc) is 2.49.